The zero-order valence-electron chi connectivity index (χ0n) is 16.2. The van der Waals surface area contributed by atoms with E-state index in [0.717, 1.165) is 44.2 Å². The molecular weight excluding hydrogens is 429 g/mol. The molecule has 0 aliphatic carbocycles. The molecule has 1 aromatic heterocycles. The third-order valence-electron chi connectivity index (χ3n) is 4.78. The van der Waals surface area contributed by atoms with Crippen molar-refractivity contribution in [3.05, 3.63) is 24.2 Å². The lowest BCUT2D eigenvalue weighted by Crippen LogP contribution is -2.50. The molecule has 0 radical (unpaired) electrons. The van der Waals surface area contributed by atoms with Crippen molar-refractivity contribution in [2.75, 3.05) is 40.8 Å². The van der Waals surface area contributed by atoms with Crippen LogP contribution in [0.3, 0.4) is 0 Å². The second-order valence-electron chi connectivity index (χ2n) is 7.00. The minimum absolute atomic E-state index is 0. The summed E-state index contributed by atoms with van der Waals surface area (Å²) in [6.07, 6.45) is 4.05. The summed E-state index contributed by atoms with van der Waals surface area (Å²) in [7, 11) is 5.95. The summed E-state index contributed by atoms with van der Waals surface area (Å²) in [4.78, 5) is 9.07. The molecule has 0 bridgehead atoms. The van der Waals surface area contributed by atoms with E-state index < -0.39 is 0 Å². The minimum atomic E-state index is 0. The second kappa shape index (κ2) is 11.0. The summed E-state index contributed by atoms with van der Waals surface area (Å²) in [5.41, 5.74) is 0. The summed E-state index contributed by atoms with van der Waals surface area (Å²) < 4.78 is 5.56. The molecule has 0 amide bonds. The molecule has 7 heteroatoms. The standard InChI is InChI=1S/C18H33N5O.HI/c1-14(2)23-10-8-15(9-11-23)21-18(19-3)20-13-16(22(4)5)17-7-6-12-24-17;/h6-7,12,14-16H,8-11,13H2,1-5H3,(H2,19,20,21);1H. The highest BCUT2D eigenvalue weighted by Gasteiger charge is 2.22. The number of likely N-dealkylation sites (N-methyl/N-ethyl adjacent to an activating group) is 1. The van der Waals surface area contributed by atoms with E-state index in [1.807, 2.05) is 19.2 Å². The predicted molar refractivity (Wildman–Crippen MR) is 115 cm³/mol. The van der Waals surface area contributed by atoms with Gasteiger partial charge < -0.3 is 20.0 Å². The number of halogens is 1. The van der Waals surface area contributed by atoms with E-state index in [0.29, 0.717) is 12.1 Å². The Bertz CT molecular complexity index is 496. The van der Waals surface area contributed by atoms with Gasteiger partial charge in [-0.1, -0.05) is 0 Å². The van der Waals surface area contributed by atoms with Crippen LogP contribution in [0.2, 0.25) is 0 Å². The van der Waals surface area contributed by atoms with Gasteiger partial charge in [0.2, 0.25) is 0 Å². The van der Waals surface area contributed by atoms with Gasteiger partial charge in [0.15, 0.2) is 5.96 Å². The van der Waals surface area contributed by atoms with Crippen LogP contribution in [-0.4, -0.2) is 68.6 Å². The first-order chi connectivity index (χ1) is 11.5. The van der Waals surface area contributed by atoms with Crippen LogP contribution < -0.4 is 10.6 Å². The lowest BCUT2D eigenvalue weighted by atomic mass is 10.0. The number of aliphatic imine (C=N–C) groups is 1. The molecule has 1 saturated heterocycles. The molecule has 1 fully saturated rings. The van der Waals surface area contributed by atoms with E-state index in [4.69, 9.17) is 4.42 Å². The van der Waals surface area contributed by atoms with Gasteiger partial charge in [-0.2, -0.15) is 0 Å². The largest absolute Gasteiger partial charge is 0.468 e. The van der Waals surface area contributed by atoms with Crippen LogP contribution in [-0.2, 0) is 0 Å². The number of rotatable bonds is 6. The van der Waals surface area contributed by atoms with Gasteiger partial charge in [-0.25, -0.2) is 0 Å². The summed E-state index contributed by atoms with van der Waals surface area (Å²) in [6.45, 7) is 7.59. The molecule has 2 N–H and O–H groups in total. The van der Waals surface area contributed by atoms with Crippen LogP contribution in [0.5, 0.6) is 0 Å². The summed E-state index contributed by atoms with van der Waals surface area (Å²) >= 11 is 0. The van der Waals surface area contributed by atoms with E-state index in [2.05, 4.69) is 53.4 Å². The van der Waals surface area contributed by atoms with Gasteiger partial charge in [-0.3, -0.25) is 9.89 Å². The molecule has 25 heavy (non-hydrogen) atoms. The molecule has 6 nitrogen and oxygen atoms in total. The van der Waals surface area contributed by atoms with Gasteiger partial charge >= 0.3 is 0 Å². The molecule has 1 aliphatic rings. The Labute approximate surface area is 169 Å². The Hall–Kier alpha value is -0.800. The zero-order chi connectivity index (χ0) is 17.5. The molecule has 1 unspecified atom stereocenters. The smallest absolute Gasteiger partial charge is 0.191 e. The summed E-state index contributed by atoms with van der Waals surface area (Å²) in [6, 6.07) is 5.26. The maximum absolute atomic E-state index is 5.56. The predicted octanol–water partition coefficient (Wildman–Crippen LogP) is 2.54. The van der Waals surface area contributed by atoms with Crippen molar-refractivity contribution in [1.29, 1.82) is 0 Å². The Kier molecular flexibility index (Phi) is 9.81. The Morgan fingerprint density at radius 2 is 2.04 bits per heavy atom. The van der Waals surface area contributed by atoms with Crippen LogP contribution in [0.1, 0.15) is 38.5 Å². The fourth-order valence-corrected chi connectivity index (χ4v) is 3.16. The minimum Gasteiger partial charge on any atom is -0.468 e. The number of hydrogen-bond acceptors (Lipinski definition) is 4. The van der Waals surface area contributed by atoms with E-state index in [-0.39, 0.29) is 30.0 Å². The maximum atomic E-state index is 5.56. The highest BCUT2D eigenvalue weighted by atomic mass is 127. The molecule has 0 aromatic carbocycles. The first kappa shape index (κ1) is 22.2. The second-order valence-corrected chi connectivity index (χ2v) is 7.00. The normalized spacial score (nSPS) is 18.3. The first-order valence-corrected chi connectivity index (χ1v) is 8.92. The van der Waals surface area contributed by atoms with Crippen molar-refractivity contribution < 1.29 is 4.42 Å². The van der Waals surface area contributed by atoms with Crippen LogP contribution in [0.25, 0.3) is 0 Å². The zero-order valence-corrected chi connectivity index (χ0v) is 18.5. The molecule has 1 aliphatic heterocycles. The molecule has 2 heterocycles. The average Bonchev–Trinajstić information content (AvgIpc) is 3.08. The van der Waals surface area contributed by atoms with Crippen LogP contribution in [0.15, 0.2) is 27.8 Å². The van der Waals surface area contributed by atoms with Crippen LogP contribution in [0.4, 0.5) is 0 Å². The highest BCUT2D eigenvalue weighted by molar-refractivity contribution is 14.0. The highest BCUT2D eigenvalue weighted by Crippen LogP contribution is 2.17. The Morgan fingerprint density at radius 1 is 1.36 bits per heavy atom. The number of guanidine groups is 1. The fraction of sp³-hybridized carbons (Fsp3) is 0.722. The number of nitrogens with one attached hydrogen (secondary N) is 2. The first-order valence-electron chi connectivity index (χ1n) is 8.92. The number of piperidine rings is 1. The van der Waals surface area contributed by atoms with Gasteiger partial charge in [0, 0.05) is 38.8 Å². The number of likely N-dealkylation sites (tertiary alicyclic amines) is 1. The van der Waals surface area contributed by atoms with Crippen molar-refractivity contribution in [1.82, 2.24) is 20.4 Å². The van der Waals surface area contributed by atoms with Crippen molar-refractivity contribution in [3.8, 4) is 0 Å². The number of hydrogen-bond donors (Lipinski definition) is 2. The quantitative estimate of drug-likeness (QED) is 0.386. The molecule has 0 saturated carbocycles. The van der Waals surface area contributed by atoms with Crippen molar-refractivity contribution >= 4 is 29.9 Å². The monoisotopic (exact) mass is 463 g/mol. The van der Waals surface area contributed by atoms with E-state index in [9.17, 15) is 0 Å². The molecule has 2 rings (SSSR count). The van der Waals surface area contributed by atoms with Crippen molar-refractivity contribution in [2.45, 2.75) is 44.8 Å². The van der Waals surface area contributed by atoms with E-state index >= 15 is 0 Å². The fourth-order valence-electron chi connectivity index (χ4n) is 3.16. The lowest BCUT2D eigenvalue weighted by molar-refractivity contribution is 0.167. The molecule has 1 aromatic rings. The number of furan rings is 1. The van der Waals surface area contributed by atoms with Gasteiger partial charge in [-0.05, 0) is 52.9 Å². The maximum Gasteiger partial charge on any atom is 0.191 e. The van der Waals surface area contributed by atoms with Gasteiger partial charge in [0.25, 0.3) is 0 Å². The van der Waals surface area contributed by atoms with Crippen LogP contribution in [0, 0.1) is 0 Å². The van der Waals surface area contributed by atoms with E-state index in [1.54, 1.807) is 6.26 Å². The van der Waals surface area contributed by atoms with Crippen molar-refractivity contribution in [2.24, 2.45) is 4.99 Å². The summed E-state index contributed by atoms with van der Waals surface area (Å²) in [5.74, 6) is 1.84. The number of nitrogens with zero attached hydrogens (tertiary/aromatic N) is 3. The third kappa shape index (κ3) is 6.79. The lowest BCUT2D eigenvalue weighted by Gasteiger charge is -2.35. The summed E-state index contributed by atoms with van der Waals surface area (Å²) in [5, 5.41) is 7.01. The molecule has 144 valence electrons. The Morgan fingerprint density at radius 3 is 2.52 bits per heavy atom. The van der Waals surface area contributed by atoms with E-state index in [1.165, 1.54) is 0 Å². The Balaban J connectivity index is 0.00000312. The van der Waals surface area contributed by atoms with Crippen molar-refractivity contribution in [3.63, 3.8) is 0 Å². The van der Waals surface area contributed by atoms with Gasteiger partial charge in [0.05, 0.1) is 12.3 Å². The molecule has 1 atom stereocenters. The molecule has 0 spiro atoms. The topological polar surface area (TPSA) is 56.0 Å². The van der Waals surface area contributed by atoms with Gasteiger partial charge in [0.1, 0.15) is 5.76 Å². The van der Waals surface area contributed by atoms with Crippen LogP contribution >= 0.6 is 24.0 Å². The average molecular weight is 463 g/mol. The third-order valence-corrected chi connectivity index (χ3v) is 4.78. The molecular formula is C18H34IN5O. The SMILES string of the molecule is CN=C(NCC(c1ccco1)N(C)C)NC1CCN(C(C)C)CC1.I. The van der Waals surface area contributed by atoms with Gasteiger partial charge in [-0.15, -0.1) is 24.0 Å².